The standard InChI is InChI=1S/C13H17ClN2O2/c1-2-18-7-3-6-15-12-10-8-9(14)4-5-11(10)16-13(12)17/h4-5,8,12,15H,2-3,6-7H2,1H3,(H,16,17). The van der Waals surface area contributed by atoms with Gasteiger partial charge in [-0.15, -0.1) is 0 Å². The molecule has 1 heterocycles. The van der Waals surface area contributed by atoms with Gasteiger partial charge in [-0.05, 0) is 38.1 Å². The van der Waals surface area contributed by atoms with Gasteiger partial charge in [0.2, 0.25) is 5.91 Å². The summed E-state index contributed by atoms with van der Waals surface area (Å²) in [7, 11) is 0. The number of benzene rings is 1. The number of fused-ring (bicyclic) bond motifs is 1. The highest BCUT2D eigenvalue weighted by Crippen LogP contribution is 2.32. The highest BCUT2D eigenvalue weighted by molar-refractivity contribution is 6.31. The molecule has 5 heteroatoms. The Morgan fingerprint density at radius 3 is 3.11 bits per heavy atom. The number of ether oxygens (including phenoxy) is 1. The Kier molecular flexibility index (Phi) is 4.58. The molecule has 0 aliphatic carbocycles. The molecule has 0 radical (unpaired) electrons. The van der Waals surface area contributed by atoms with Gasteiger partial charge in [-0.1, -0.05) is 11.6 Å². The van der Waals surface area contributed by atoms with Crippen molar-refractivity contribution in [2.45, 2.75) is 19.4 Å². The monoisotopic (exact) mass is 268 g/mol. The summed E-state index contributed by atoms with van der Waals surface area (Å²) in [6, 6.07) is 5.13. The maximum atomic E-state index is 11.8. The Hall–Kier alpha value is -1.10. The highest BCUT2D eigenvalue weighted by Gasteiger charge is 2.29. The molecule has 0 fully saturated rings. The number of carbonyl (C=O) groups excluding carboxylic acids is 1. The van der Waals surface area contributed by atoms with Crippen LogP contribution in [0, 0.1) is 0 Å². The lowest BCUT2D eigenvalue weighted by Gasteiger charge is -2.11. The molecule has 1 atom stereocenters. The molecule has 1 aromatic carbocycles. The average molecular weight is 269 g/mol. The molecule has 18 heavy (non-hydrogen) atoms. The zero-order chi connectivity index (χ0) is 13.0. The molecule has 2 rings (SSSR count). The molecule has 1 aliphatic heterocycles. The number of halogens is 1. The molecule has 4 nitrogen and oxygen atoms in total. The van der Waals surface area contributed by atoms with Crippen LogP contribution < -0.4 is 10.6 Å². The first-order valence-electron chi connectivity index (χ1n) is 6.14. The van der Waals surface area contributed by atoms with E-state index in [1.807, 2.05) is 19.1 Å². The molecule has 98 valence electrons. The van der Waals surface area contributed by atoms with Gasteiger partial charge in [0.25, 0.3) is 0 Å². The van der Waals surface area contributed by atoms with Crippen LogP contribution in [0.4, 0.5) is 5.69 Å². The molecule has 1 aliphatic rings. The summed E-state index contributed by atoms with van der Waals surface area (Å²) < 4.78 is 5.25. The van der Waals surface area contributed by atoms with E-state index in [1.165, 1.54) is 0 Å². The zero-order valence-electron chi connectivity index (χ0n) is 10.3. The van der Waals surface area contributed by atoms with Crippen molar-refractivity contribution >= 4 is 23.2 Å². The topological polar surface area (TPSA) is 50.4 Å². The van der Waals surface area contributed by atoms with Crippen molar-refractivity contribution in [3.05, 3.63) is 28.8 Å². The molecule has 1 aromatic rings. The predicted molar refractivity (Wildman–Crippen MR) is 71.9 cm³/mol. The summed E-state index contributed by atoms with van der Waals surface area (Å²) in [5.41, 5.74) is 1.76. The van der Waals surface area contributed by atoms with Crippen molar-refractivity contribution in [3.8, 4) is 0 Å². The highest BCUT2D eigenvalue weighted by atomic mass is 35.5. The van der Waals surface area contributed by atoms with Crippen LogP contribution in [0.1, 0.15) is 24.9 Å². The second kappa shape index (κ2) is 6.18. The van der Waals surface area contributed by atoms with Crippen LogP contribution in [0.25, 0.3) is 0 Å². The lowest BCUT2D eigenvalue weighted by molar-refractivity contribution is -0.117. The van der Waals surface area contributed by atoms with Gasteiger partial charge < -0.3 is 15.4 Å². The third-order valence-electron chi connectivity index (χ3n) is 2.86. The second-order valence-corrected chi connectivity index (χ2v) is 4.59. The molecular weight excluding hydrogens is 252 g/mol. The Bertz CT molecular complexity index is 437. The van der Waals surface area contributed by atoms with Gasteiger partial charge in [-0.25, -0.2) is 0 Å². The van der Waals surface area contributed by atoms with Crippen LogP contribution >= 0.6 is 11.6 Å². The van der Waals surface area contributed by atoms with Gasteiger partial charge in [-0.3, -0.25) is 4.79 Å². The van der Waals surface area contributed by atoms with Crippen LogP contribution in [0.3, 0.4) is 0 Å². The Morgan fingerprint density at radius 2 is 2.33 bits per heavy atom. The van der Waals surface area contributed by atoms with E-state index in [4.69, 9.17) is 16.3 Å². The fourth-order valence-electron chi connectivity index (χ4n) is 2.00. The van der Waals surface area contributed by atoms with Crippen molar-refractivity contribution in [2.75, 3.05) is 25.1 Å². The van der Waals surface area contributed by atoms with Crippen LogP contribution in [0.5, 0.6) is 0 Å². The number of amides is 1. The molecular formula is C13H17ClN2O2. The first-order chi connectivity index (χ1) is 8.72. The number of anilines is 1. The number of nitrogens with one attached hydrogen (secondary N) is 2. The average Bonchev–Trinajstić information content (AvgIpc) is 2.65. The molecule has 2 N–H and O–H groups in total. The van der Waals surface area contributed by atoms with Gasteiger partial charge in [-0.2, -0.15) is 0 Å². The van der Waals surface area contributed by atoms with Crippen molar-refractivity contribution in [1.29, 1.82) is 0 Å². The van der Waals surface area contributed by atoms with Gasteiger partial charge in [0.1, 0.15) is 6.04 Å². The minimum absolute atomic E-state index is 0.0244. The summed E-state index contributed by atoms with van der Waals surface area (Å²) in [6.07, 6.45) is 0.882. The largest absolute Gasteiger partial charge is 0.382 e. The zero-order valence-corrected chi connectivity index (χ0v) is 11.1. The molecule has 1 unspecified atom stereocenters. The molecule has 1 amide bonds. The Balaban J connectivity index is 1.93. The fraction of sp³-hybridized carbons (Fsp3) is 0.462. The first-order valence-corrected chi connectivity index (χ1v) is 6.51. The molecule has 0 spiro atoms. The maximum Gasteiger partial charge on any atom is 0.246 e. The van der Waals surface area contributed by atoms with Gasteiger partial charge in [0.05, 0.1) is 0 Å². The van der Waals surface area contributed by atoms with E-state index in [9.17, 15) is 4.79 Å². The summed E-state index contributed by atoms with van der Waals surface area (Å²) >= 11 is 5.95. The third kappa shape index (κ3) is 3.02. The molecule has 0 saturated carbocycles. The van der Waals surface area contributed by atoms with E-state index in [1.54, 1.807) is 6.07 Å². The Labute approximate surface area is 112 Å². The lowest BCUT2D eigenvalue weighted by atomic mass is 10.1. The van der Waals surface area contributed by atoms with Gasteiger partial charge in [0, 0.05) is 29.5 Å². The van der Waals surface area contributed by atoms with E-state index in [2.05, 4.69) is 10.6 Å². The minimum Gasteiger partial charge on any atom is -0.382 e. The second-order valence-electron chi connectivity index (χ2n) is 4.16. The van der Waals surface area contributed by atoms with Crippen molar-refractivity contribution in [3.63, 3.8) is 0 Å². The summed E-state index contributed by atoms with van der Waals surface area (Å²) in [4.78, 5) is 11.8. The first kappa shape index (κ1) is 13.3. The van der Waals surface area contributed by atoms with Crippen molar-refractivity contribution in [1.82, 2.24) is 5.32 Å². The third-order valence-corrected chi connectivity index (χ3v) is 3.10. The van der Waals surface area contributed by atoms with Crippen molar-refractivity contribution < 1.29 is 9.53 Å². The van der Waals surface area contributed by atoms with Crippen LogP contribution in [-0.4, -0.2) is 25.7 Å². The van der Waals surface area contributed by atoms with Crippen LogP contribution in [-0.2, 0) is 9.53 Å². The maximum absolute atomic E-state index is 11.8. The predicted octanol–water partition coefficient (Wildman–Crippen LogP) is 2.35. The summed E-state index contributed by atoms with van der Waals surface area (Å²) in [6.45, 7) is 4.14. The minimum atomic E-state index is -0.305. The number of hydrogen-bond acceptors (Lipinski definition) is 3. The quantitative estimate of drug-likeness (QED) is 0.779. The summed E-state index contributed by atoms with van der Waals surface area (Å²) in [5.74, 6) is -0.0244. The Morgan fingerprint density at radius 1 is 1.50 bits per heavy atom. The van der Waals surface area contributed by atoms with E-state index >= 15 is 0 Å². The number of rotatable bonds is 6. The number of carbonyl (C=O) groups is 1. The molecule has 0 bridgehead atoms. The molecule has 0 aromatic heterocycles. The smallest absolute Gasteiger partial charge is 0.246 e. The normalized spacial score (nSPS) is 17.7. The van der Waals surface area contributed by atoms with Gasteiger partial charge >= 0.3 is 0 Å². The lowest BCUT2D eigenvalue weighted by Crippen LogP contribution is -2.28. The fourth-order valence-corrected chi connectivity index (χ4v) is 2.18. The molecule has 0 saturated heterocycles. The van der Waals surface area contributed by atoms with Crippen LogP contribution in [0.2, 0.25) is 5.02 Å². The van der Waals surface area contributed by atoms with E-state index in [0.29, 0.717) is 11.6 Å². The van der Waals surface area contributed by atoms with E-state index in [-0.39, 0.29) is 11.9 Å². The van der Waals surface area contributed by atoms with E-state index in [0.717, 1.165) is 30.8 Å². The van der Waals surface area contributed by atoms with Gasteiger partial charge in [0.15, 0.2) is 0 Å². The van der Waals surface area contributed by atoms with Crippen LogP contribution in [0.15, 0.2) is 18.2 Å². The number of hydrogen-bond donors (Lipinski definition) is 2. The summed E-state index contributed by atoms with van der Waals surface area (Å²) in [5, 5.41) is 6.70. The van der Waals surface area contributed by atoms with E-state index < -0.39 is 0 Å². The van der Waals surface area contributed by atoms with Crippen molar-refractivity contribution in [2.24, 2.45) is 0 Å². The SMILES string of the molecule is CCOCCCNC1C(=O)Nc2ccc(Cl)cc21.